The molecule has 0 aliphatic rings. The van der Waals surface area contributed by atoms with Gasteiger partial charge >= 0.3 is 11.9 Å². The summed E-state index contributed by atoms with van der Waals surface area (Å²) < 4.78 is 0. The number of carbonyl (C=O) groups is 2. The predicted octanol–water partition coefficient (Wildman–Crippen LogP) is 2.80. The van der Waals surface area contributed by atoms with Crippen LogP contribution in [0.25, 0.3) is 0 Å². The molecule has 33 heavy (non-hydrogen) atoms. The number of phenolic OH excluding ortho intramolecular Hbond substituents is 2. The zero-order chi connectivity index (χ0) is 24.0. The number of benzene rings is 2. The Labute approximate surface area is 207 Å². The third-order valence-electron chi connectivity index (χ3n) is 5.29. The van der Waals surface area contributed by atoms with Crippen LogP contribution in [0.4, 0.5) is 0 Å². The average molecular weight is 543 g/mol. The Bertz CT molecular complexity index is 916. The minimum Gasteiger partial charge on any atom is -0.507 e. The summed E-state index contributed by atoms with van der Waals surface area (Å²) in [5.74, 6) is -1.75. The molecule has 0 saturated carbocycles. The van der Waals surface area contributed by atoms with Crippen molar-refractivity contribution in [2.45, 2.75) is 40.8 Å². The van der Waals surface area contributed by atoms with Crippen LogP contribution in [-0.4, -0.2) is 68.3 Å². The van der Waals surface area contributed by atoms with Crippen molar-refractivity contribution in [2.24, 2.45) is 0 Å². The van der Waals surface area contributed by atoms with Gasteiger partial charge in [0.05, 0.1) is 13.1 Å². The zero-order valence-electron chi connectivity index (χ0n) is 19.4. The number of aromatic hydroxyl groups is 2. The van der Waals surface area contributed by atoms with Crippen LogP contribution < -0.4 is 0 Å². The maximum absolute atomic E-state index is 11.4. The van der Waals surface area contributed by atoms with Gasteiger partial charge in [0.25, 0.3) is 0 Å². The van der Waals surface area contributed by atoms with E-state index in [-0.39, 0.29) is 70.9 Å². The summed E-state index contributed by atoms with van der Waals surface area (Å²) in [4.78, 5) is 26.1. The molecule has 0 heterocycles. The van der Waals surface area contributed by atoms with E-state index in [1.54, 1.807) is 23.6 Å². The van der Waals surface area contributed by atoms with Gasteiger partial charge in [-0.1, -0.05) is 35.4 Å². The Balaban J connectivity index is 0.00000544. The molecule has 0 fully saturated rings. The fourth-order valence-electron chi connectivity index (χ4n) is 3.91. The third kappa shape index (κ3) is 8.78. The first-order valence-electron chi connectivity index (χ1n) is 10.4. The molecule has 0 spiro atoms. The molecule has 8 nitrogen and oxygen atoms in total. The van der Waals surface area contributed by atoms with Crippen molar-refractivity contribution in [3.63, 3.8) is 0 Å². The second-order valence-corrected chi connectivity index (χ2v) is 8.39. The van der Waals surface area contributed by atoms with Gasteiger partial charge in [-0.15, -0.1) is 0 Å². The molecule has 0 atom stereocenters. The summed E-state index contributed by atoms with van der Waals surface area (Å²) >= 11 is 0. The van der Waals surface area contributed by atoms with E-state index in [9.17, 15) is 30.0 Å². The first-order valence-corrected chi connectivity index (χ1v) is 10.4. The number of aryl methyl sites for hydroxylation is 4. The molecule has 0 aliphatic heterocycles. The van der Waals surface area contributed by atoms with Crippen LogP contribution in [0.2, 0.25) is 0 Å². The Morgan fingerprint density at radius 3 is 1.33 bits per heavy atom. The molecule has 0 aromatic heterocycles. The van der Waals surface area contributed by atoms with Crippen LogP contribution in [0.15, 0.2) is 24.3 Å². The van der Waals surface area contributed by atoms with Gasteiger partial charge in [0.1, 0.15) is 11.5 Å². The van der Waals surface area contributed by atoms with E-state index in [4.69, 9.17) is 0 Å². The van der Waals surface area contributed by atoms with Crippen molar-refractivity contribution in [1.29, 1.82) is 0 Å². The summed E-state index contributed by atoms with van der Waals surface area (Å²) in [7, 11) is 0. The SMILES string of the molecule is Cc1cc(C)c(O)c(CN(CCN(CC(=O)O)Cc2cc(C)cc(C)c2O)CC(=O)O)c1.[99Tc]. The number of aliphatic carboxylic acids is 2. The Morgan fingerprint density at radius 1 is 0.697 bits per heavy atom. The van der Waals surface area contributed by atoms with Gasteiger partial charge in [0.2, 0.25) is 0 Å². The van der Waals surface area contributed by atoms with Crippen molar-refractivity contribution >= 4 is 11.9 Å². The molecule has 4 N–H and O–H groups in total. The van der Waals surface area contributed by atoms with Crippen molar-refractivity contribution in [1.82, 2.24) is 9.80 Å². The van der Waals surface area contributed by atoms with E-state index in [1.807, 2.05) is 38.1 Å². The largest absolute Gasteiger partial charge is 0.507 e. The van der Waals surface area contributed by atoms with Crippen molar-refractivity contribution in [2.75, 3.05) is 26.2 Å². The van der Waals surface area contributed by atoms with Crippen molar-refractivity contribution in [3.05, 3.63) is 57.6 Å². The molecule has 0 bridgehead atoms. The van der Waals surface area contributed by atoms with Crippen LogP contribution in [-0.2, 0) is 42.8 Å². The van der Waals surface area contributed by atoms with Gasteiger partial charge in [-0.05, 0) is 38.8 Å². The van der Waals surface area contributed by atoms with Crippen LogP contribution in [0, 0.1) is 27.7 Å². The average Bonchev–Trinajstić information content (AvgIpc) is 2.66. The number of carboxylic acid groups (broad SMARTS) is 2. The fourth-order valence-corrected chi connectivity index (χ4v) is 3.91. The van der Waals surface area contributed by atoms with E-state index < -0.39 is 11.9 Å². The molecule has 1 radical (unpaired) electrons. The Kier molecular flexibility index (Phi) is 11.0. The molecule has 2 rings (SSSR count). The van der Waals surface area contributed by atoms with Crippen molar-refractivity contribution in [3.8, 4) is 11.5 Å². The summed E-state index contributed by atoms with van der Waals surface area (Å²) in [6.45, 7) is 7.88. The van der Waals surface area contributed by atoms with Crippen molar-refractivity contribution < 1.29 is 50.1 Å². The number of hydrogen-bond donors (Lipinski definition) is 4. The van der Waals surface area contributed by atoms with Gasteiger partial charge in [-0.2, -0.15) is 0 Å². The number of rotatable bonds is 11. The zero-order valence-corrected chi connectivity index (χ0v) is 21.3. The minimum atomic E-state index is -1.01. The molecule has 181 valence electrons. The van der Waals surface area contributed by atoms with Gasteiger partial charge in [-0.25, -0.2) is 0 Å². The van der Waals surface area contributed by atoms with Crippen LogP contribution >= 0.6 is 0 Å². The van der Waals surface area contributed by atoms with E-state index >= 15 is 0 Å². The molecule has 0 amide bonds. The molecule has 2 aromatic carbocycles. The van der Waals surface area contributed by atoms with Crippen LogP contribution in [0.3, 0.4) is 0 Å². The summed E-state index contributed by atoms with van der Waals surface area (Å²) in [6.07, 6.45) is 0. The van der Waals surface area contributed by atoms with Gasteiger partial charge in [0, 0.05) is 57.4 Å². The maximum Gasteiger partial charge on any atom is 0.317 e. The number of hydrogen-bond acceptors (Lipinski definition) is 6. The Hall–Kier alpha value is -2.45. The van der Waals surface area contributed by atoms with E-state index in [0.717, 1.165) is 11.1 Å². The topological polar surface area (TPSA) is 122 Å². The molecule has 0 aliphatic carbocycles. The minimum absolute atomic E-state index is 0. The molecular formula is C24H32N2O6Tc. The Morgan fingerprint density at radius 2 is 1.03 bits per heavy atom. The van der Waals surface area contributed by atoms with E-state index in [1.165, 1.54) is 0 Å². The normalized spacial score (nSPS) is 11.0. The molecule has 0 saturated heterocycles. The predicted molar refractivity (Wildman–Crippen MR) is 121 cm³/mol. The maximum atomic E-state index is 11.4. The molecule has 2 aromatic rings. The second kappa shape index (κ2) is 12.7. The number of carboxylic acids is 2. The standard InChI is InChI=1S/C24H32N2O6.Tc/c1-15-7-17(3)23(31)19(9-15)11-25(13-21(27)28)5-6-26(14-22(29)30)12-20-10-16(2)8-18(4)24(20)32;/h7-10,31-32H,5-6,11-14H2,1-4H3,(H,27,28)(H,29,30);/i;1+1. The molecule has 9 heteroatoms. The monoisotopic (exact) mass is 543 g/mol. The van der Waals surface area contributed by atoms with Gasteiger partial charge in [-0.3, -0.25) is 19.4 Å². The first-order chi connectivity index (χ1) is 15.0. The fraction of sp³-hybridized carbons (Fsp3) is 0.417. The molecule has 0 unspecified atom stereocenters. The quantitative estimate of drug-likeness (QED) is 0.342. The van der Waals surface area contributed by atoms with Crippen LogP contribution in [0.1, 0.15) is 33.4 Å². The first kappa shape index (κ1) is 28.6. The summed E-state index contributed by atoms with van der Waals surface area (Å²) in [6, 6.07) is 7.34. The summed E-state index contributed by atoms with van der Waals surface area (Å²) in [5.41, 5.74) is 4.61. The van der Waals surface area contributed by atoms with Gasteiger partial charge < -0.3 is 20.4 Å². The third-order valence-corrected chi connectivity index (χ3v) is 5.29. The van der Waals surface area contributed by atoms with Gasteiger partial charge in [0.15, 0.2) is 0 Å². The smallest absolute Gasteiger partial charge is 0.317 e. The number of nitrogens with zero attached hydrogens (tertiary/aromatic N) is 2. The van der Waals surface area contributed by atoms with E-state index in [2.05, 4.69) is 0 Å². The summed E-state index contributed by atoms with van der Waals surface area (Å²) in [5, 5.41) is 39.5. The number of phenols is 2. The second-order valence-electron chi connectivity index (χ2n) is 8.39. The van der Waals surface area contributed by atoms with Crippen LogP contribution in [0.5, 0.6) is 11.5 Å². The van der Waals surface area contributed by atoms with E-state index in [0.29, 0.717) is 22.3 Å². The molecular weight excluding hydrogens is 511 g/mol.